The fourth-order valence-corrected chi connectivity index (χ4v) is 3.28. The van der Waals surface area contributed by atoms with Crippen molar-refractivity contribution in [1.82, 2.24) is 9.88 Å². The number of nitrogens with zero attached hydrogens (tertiary/aromatic N) is 2. The van der Waals surface area contributed by atoms with Crippen molar-refractivity contribution in [2.75, 3.05) is 13.2 Å². The molecule has 0 unspecified atom stereocenters. The predicted octanol–water partition coefficient (Wildman–Crippen LogP) is 5.58. The molecule has 1 amide bonds. The average molecular weight is 500 g/mol. The molecule has 0 spiro atoms. The van der Waals surface area contributed by atoms with Crippen LogP contribution < -0.4 is 10.1 Å². The lowest BCUT2D eigenvalue weighted by atomic mass is 10.1. The van der Waals surface area contributed by atoms with Gasteiger partial charge in [-0.25, -0.2) is 0 Å². The van der Waals surface area contributed by atoms with E-state index >= 15 is 0 Å². The number of nitrogens with one attached hydrogen (secondary N) is 1. The molecule has 36 heavy (non-hydrogen) atoms. The smallest absolute Gasteiger partial charge is 0.416 e. The van der Waals surface area contributed by atoms with Gasteiger partial charge in [0.15, 0.2) is 12.5 Å². The SMILES string of the molecule is CC/C(=N/OC/C=C/c1ccccc1)c1cc(OCC(=O)NCc2ccc(C(F)(F)F)cc2)n(C)c1. The second kappa shape index (κ2) is 12.6. The minimum Gasteiger partial charge on any atom is -0.469 e. The van der Waals surface area contributed by atoms with Crippen molar-refractivity contribution >= 4 is 17.7 Å². The molecule has 0 atom stereocenters. The molecule has 1 aromatic heterocycles. The molecule has 9 heteroatoms. The van der Waals surface area contributed by atoms with E-state index in [4.69, 9.17) is 9.57 Å². The number of amides is 1. The van der Waals surface area contributed by atoms with Gasteiger partial charge in [-0.3, -0.25) is 4.79 Å². The standard InChI is InChI=1S/C27H28F3N3O3/c1-3-24(32-36-15-7-10-20-8-5-4-6-9-20)22-16-26(33(2)18-22)35-19-25(34)31-17-21-11-13-23(14-12-21)27(28,29)30/h4-14,16,18H,3,15,17,19H2,1-2H3,(H,31,34)/b10-7+,32-24-. The van der Waals surface area contributed by atoms with E-state index in [1.165, 1.54) is 12.1 Å². The highest BCUT2D eigenvalue weighted by molar-refractivity contribution is 6.00. The van der Waals surface area contributed by atoms with Gasteiger partial charge in [-0.15, -0.1) is 0 Å². The van der Waals surface area contributed by atoms with Crippen molar-refractivity contribution in [3.8, 4) is 5.88 Å². The Morgan fingerprint density at radius 2 is 1.83 bits per heavy atom. The van der Waals surface area contributed by atoms with E-state index in [1.54, 1.807) is 17.7 Å². The summed E-state index contributed by atoms with van der Waals surface area (Å²) in [7, 11) is 1.79. The molecule has 2 aromatic carbocycles. The van der Waals surface area contributed by atoms with Gasteiger partial charge in [0.1, 0.15) is 6.61 Å². The van der Waals surface area contributed by atoms with Crippen LogP contribution in [0, 0.1) is 0 Å². The second-order valence-electron chi connectivity index (χ2n) is 7.94. The van der Waals surface area contributed by atoms with E-state index in [9.17, 15) is 18.0 Å². The molecule has 0 aliphatic rings. The third-order valence-electron chi connectivity index (χ3n) is 5.20. The number of hydrogen-bond acceptors (Lipinski definition) is 4. The third-order valence-corrected chi connectivity index (χ3v) is 5.20. The minimum atomic E-state index is -4.39. The molecule has 3 aromatic rings. The van der Waals surface area contributed by atoms with Crippen LogP contribution in [-0.4, -0.2) is 29.4 Å². The monoisotopic (exact) mass is 499 g/mol. The van der Waals surface area contributed by atoms with Crippen LogP contribution in [0.15, 0.2) is 78.1 Å². The molecule has 0 aliphatic heterocycles. The first-order valence-corrected chi connectivity index (χ1v) is 11.4. The van der Waals surface area contributed by atoms with Crippen molar-refractivity contribution in [3.05, 3.63) is 95.2 Å². The van der Waals surface area contributed by atoms with Gasteiger partial charge in [-0.2, -0.15) is 13.2 Å². The summed E-state index contributed by atoms with van der Waals surface area (Å²) in [5.41, 5.74) is 2.45. The molecule has 3 rings (SSSR count). The highest BCUT2D eigenvalue weighted by atomic mass is 19.4. The summed E-state index contributed by atoms with van der Waals surface area (Å²) in [5.74, 6) is 0.0790. The third kappa shape index (κ3) is 8.04. The normalized spacial score (nSPS) is 12.1. The first-order chi connectivity index (χ1) is 17.3. The van der Waals surface area contributed by atoms with Crippen molar-refractivity contribution in [2.24, 2.45) is 12.2 Å². The van der Waals surface area contributed by atoms with Crippen LogP contribution in [0.3, 0.4) is 0 Å². The maximum absolute atomic E-state index is 12.6. The van der Waals surface area contributed by atoms with Crippen LogP contribution in [-0.2, 0) is 29.4 Å². The van der Waals surface area contributed by atoms with Crippen LogP contribution in [0.25, 0.3) is 6.08 Å². The number of alkyl halides is 3. The lowest BCUT2D eigenvalue weighted by Gasteiger charge is -2.09. The molecule has 1 N–H and O–H groups in total. The number of aryl methyl sites for hydroxylation is 1. The van der Waals surface area contributed by atoms with E-state index in [0.717, 1.165) is 29.0 Å². The highest BCUT2D eigenvalue weighted by Gasteiger charge is 2.29. The zero-order valence-electron chi connectivity index (χ0n) is 20.1. The Kier molecular flexibility index (Phi) is 9.32. The molecular formula is C27H28F3N3O3. The Morgan fingerprint density at radius 1 is 1.11 bits per heavy atom. The van der Waals surface area contributed by atoms with Crippen molar-refractivity contribution in [1.29, 1.82) is 0 Å². The first kappa shape index (κ1) is 26.6. The Morgan fingerprint density at radius 3 is 2.50 bits per heavy atom. The van der Waals surface area contributed by atoms with Crippen LogP contribution in [0.2, 0.25) is 0 Å². The summed E-state index contributed by atoms with van der Waals surface area (Å²) < 4.78 is 45.3. The average Bonchev–Trinajstić information content (AvgIpc) is 3.24. The minimum absolute atomic E-state index is 0.0986. The van der Waals surface area contributed by atoms with E-state index in [0.29, 0.717) is 24.5 Å². The van der Waals surface area contributed by atoms with Crippen LogP contribution in [0.5, 0.6) is 5.88 Å². The highest BCUT2D eigenvalue weighted by Crippen LogP contribution is 2.29. The number of benzene rings is 2. The van der Waals surface area contributed by atoms with E-state index < -0.39 is 17.6 Å². The summed E-state index contributed by atoms with van der Waals surface area (Å²) in [6.45, 7) is 2.15. The number of carbonyl (C=O) groups excluding carboxylic acids is 1. The van der Waals surface area contributed by atoms with Crippen molar-refractivity contribution in [2.45, 2.75) is 26.1 Å². The molecule has 0 aliphatic carbocycles. The van der Waals surface area contributed by atoms with Gasteiger partial charge in [0.25, 0.3) is 5.91 Å². The summed E-state index contributed by atoms with van der Waals surface area (Å²) >= 11 is 0. The lowest BCUT2D eigenvalue weighted by molar-refractivity contribution is -0.137. The Bertz CT molecular complexity index is 1180. The van der Waals surface area contributed by atoms with Gasteiger partial charge >= 0.3 is 6.18 Å². The maximum Gasteiger partial charge on any atom is 0.416 e. The summed E-state index contributed by atoms with van der Waals surface area (Å²) in [4.78, 5) is 17.6. The molecular weight excluding hydrogens is 471 g/mol. The van der Waals surface area contributed by atoms with Crippen molar-refractivity contribution in [3.63, 3.8) is 0 Å². The van der Waals surface area contributed by atoms with Crippen LogP contribution in [0.4, 0.5) is 13.2 Å². The molecule has 0 saturated heterocycles. The zero-order valence-corrected chi connectivity index (χ0v) is 20.1. The summed E-state index contributed by atoms with van der Waals surface area (Å²) in [5, 5.41) is 6.86. The fourth-order valence-electron chi connectivity index (χ4n) is 3.28. The number of rotatable bonds is 11. The topological polar surface area (TPSA) is 64.8 Å². The van der Waals surface area contributed by atoms with Gasteiger partial charge in [0.05, 0.1) is 11.3 Å². The van der Waals surface area contributed by atoms with Gasteiger partial charge in [0, 0.05) is 31.4 Å². The summed E-state index contributed by atoms with van der Waals surface area (Å²) in [6.07, 6.45) is 1.92. The van der Waals surface area contributed by atoms with Crippen molar-refractivity contribution < 1.29 is 27.5 Å². The molecule has 0 saturated carbocycles. The number of aromatic nitrogens is 1. The van der Waals surface area contributed by atoms with E-state index in [2.05, 4.69) is 10.5 Å². The maximum atomic E-state index is 12.6. The van der Waals surface area contributed by atoms with Gasteiger partial charge in [-0.1, -0.05) is 60.6 Å². The molecule has 0 radical (unpaired) electrons. The molecule has 0 bridgehead atoms. The molecule has 0 fully saturated rings. The number of ether oxygens (including phenoxy) is 1. The Labute approximate surface area is 208 Å². The Hall–Kier alpha value is -4.01. The Balaban J connectivity index is 1.48. The summed E-state index contributed by atoms with van der Waals surface area (Å²) in [6, 6.07) is 16.3. The first-order valence-electron chi connectivity index (χ1n) is 11.4. The molecule has 190 valence electrons. The number of oxime groups is 1. The quantitative estimate of drug-likeness (QED) is 0.213. The number of halogens is 3. The van der Waals surface area contributed by atoms with Gasteiger partial charge < -0.3 is 19.5 Å². The van der Waals surface area contributed by atoms with Crippen LogP contribution in [0.1, 0.15) is 35.6 Å². The van der Waals surface area contributed by atoms with E-state index in [-0.39, 0.29) is 13.2 Å². The number of hydrogen-bond donors (Lipinski definition) is 1. The van der Waals surface area contributed by atoms with Gasteiger partial charge in [0.2, 0.25) is 0 Å². The van der Waals surface area contributed by atoms with Crippen LogP contribution >= 0.6 is 0 Å². The lowest BCUT2D eigenvalue weighted by Crippen LogP contribution is -2.28. The van der Waals surface area contributed by atoms with Gasteiger partial charge in [-0.05, 0) is 35.8 Å². The molecule has 1 heterocycles. The largest absolute Gasteiger partial charge is 0.469 e. The fraction of sp³-hybridized carbons (Fsp3) is 0.259. The molecule has 6 nitrogen and oxygen atoms in total. The van der Waals surface area contributed by atoms with E-state index in [1.807, 2.05) is 55.6 Å². The number of carbonyl (C=O) groups is 1. The second-order valence-corrected chi connectivity index (χ2v) is 7.94. The predicted molar refractivity (Wildman–Crippen MR) is 132 cm³/mol. The zero-order chi connectivity index (χ0) is 26.0.